The van der Waals surface area contributed by atoms with Gasteiger partial charge in [0.15, 0.2) is 0 Å². The van der Waals surface area contributed by atoms with E-state index in [4.69, 9.17) is 4.74 Å². The third-order valence-electron chi connectivity index (χ3n) is 2.57. The fraction of sp³-hybridized carbons (Fsp3) is 0.455. The molecule has 1 N–H and O–H groups in total. The van der Waals surface area contributed by atoms with Gasteiger partial charge in [-0.1, -0.05) is 18.2 Å². The average Bonchev–Trinajstić information content (AvgIpc) is 2.26. The Balaban J connectivity index is 3.00. The first-order chi connectivity index (χ1) is 7.78. The zero-order valence-corrected chi connectivity index (χ0v) is 10.8. The molecule has 1 atom stereocenters. The van der Waals surface area contributed by atoms with Gasteiger partial charge in [0.05, 0.1) is 6.26 Å². The summed E-state index contributed by atoms with van der Waals surface area (Å²) in [4.78, 5) is 0. The second-order valence-corrected chi connectivity index (χ2v) is 5.84. The highest BCUT2D eigenvalue weighted by Gasteiger charge is 2.29. The van der Waals surface area contributed by atoms with Crippen molar-refractivity contribution in [3.63, 3.8) is 0 Å². The maximum atomic E-state index is 13.6. The lowest BCUT2D eigenvalue weighted by atomic mass is 9.95. The summed E-state index contributed by atoms with van der Waals surface area (Å²) in [7, 11) is -1.93. The third kappa shape index (κ3) is 3.76. The molecule has 0 heterocycles. The Labute approximate surface area is 101 Å². The number of ether oxygens (including phenoxy) is 1. The molecule has 4 nitrogen and oxygen atoms in total. The van der Waals surface area contributed by atoms with Gasteiger partial charge in [-0.2, -0.15) is 0 Å². The van der Waals surface area contributed by atoms with Crippen LogP contribution in [-0.2, 0) is 20.4 Å². The number of sulfonamides is 1. The first-order valence-electron chi connectivity index (χ1n) is 5.03. The van der Waals surface area contributed by atoms with Crippen LogP contribution in [0.15, 0.2) is 24.3 Å². The summed E-state index contributed by atoms with van der Waals surface area (Å²) in [6, 6.07) is 6.13. The van der Waals surface area contributed by atoms with Crippen molar-refractivity contribution in [1.82, 2.24) is 4.72 Å². The van der Waals surface area contributed by atoms with E-state index in [0.717, 1.165) is 6.26 Å². The maximum Gasteiger partial charge on any atom is 0.208 e. The quantitative estimate of drug-likeness (QED) is 0.867. The van der Waals surface area contributed by atoms with E-state index in [2.05, 4.69) is 4.72 Å². The van der Waals surface area contributed by atoms with Crippen LogP contribution in [-0.4, -0.2) is 28.3 Å². The lowest BCUT2D eigenvalue weighted by Gasteiger charge is -2.28. The molecule has 0 fully saturated rings. The summed E-state index contributed by atoms with van der Waals surface area (Å²) in [6.45, 7) is 1.60. The first-order valence-corrected chi connectivity index (χ1v) is 6.92. The highest BCUT2D eigenvalue weighted by Crippen LogP contribution is 2.26. The number of hydrogen-bond acceptors (Lipinski definition) is 3. The summed E-state index contributed by atoms with van der Waals surface area (Å²) in [5.41, 5.74) is -0.715. The minimum atomic E-state index is -3.34. The Hall–Kier alpha value is -0.980. The fourth-order valence-corrected chi connectivity index (χ4v) is 1.97. The van der Waals surface area contributed by atoms with Crippen LogP contribution in [0.2, 0.25) is 0 Å². The zero-order chi connectivity index (χ0) is 13.1. The molecule has 17 heavy (non-hydrogen) atoms. The molecule has 1 aromatic rings. The third-order valence-corrected chi connectivity index (χ3v) is 3.23. The highest BCUT2D eigenvalue weighted by atomic mass is 32.2. The zero-order valence-electron chi connectivity index (χ0n) is 10.0. The first kappa shape index (κ1) is 14.1. The number of hydrogen-bond donors (Lipinski definition) is 1. The molecular weight excluding hydrogens is 245 g/mol. The van der Waals surface area contributed by atoms with E-state index in [1.807, 2.05) is 0 Å². The van der Waals surface area contributed by atoms with Crippen molar-refractivity contribution in [2.45, 2.75) is 12.5 Å². The van der Waals surface area contributed by atoms with E-state index in [-0.39, 0.29) is 6.54 Å². The Morgan fingerprint density at radius 3 is 2.47 bits per heavy atom. The Morgan fingerprint density at radius 2 is 2.00 bits per heavy atom. The highest BCUT2D eigenvalue weighted by molar-refractivity contribution is 7.88. The molecule has 1 aromatic carbocycles. The molecule has 0 aliphatic rings. The van der Waals surface area contributed by atoms with E-state index < -0.39 is 21.4 Å². The SMILES string of the molecule is COC(C)(CNS(C)(=O)=O)c1ccccc1F. The van der Waals surface area contributed by atoms with E-state index in [9.17, 15) is 12.8 Å². The minimum absolute atomic E-state index is 0.0245. The molecule has 6 heteroatoms. The van der Waals surface area contributed by atoms with Crippen molar-refractivity contribution in [3.8, 4) is 0 Å². The van der Waals surface area contributed by atoms with Crippen LogP contribution in [0.5, 0.6) is 0 Å². The smallest absolute Gasteiger partial charge is 0.208 e. The van der Waals surface area contributed by atoms with Crippen LogP contribution in [0.1, 0.15) is 12.5 Å². The molecule has 0 radical (unpaired) electrons. The lowest BCUT2D eigenvalue weighted by Crippen LogP contribution is -2.40. The largest absolute Gasteiger partial charge is 0.372 e. The number of methoxy groups -OCH3 is 1. The molecule has 0 bridgehead atoms. The summed E-state index contributed by atoms with van der Waals surface area (Å²) in [5, 5.41) is 0. The van der Waals surface area contributed by atoms with Gasteiger partial charge < -0.3 is 4.74 Å². The number of benzene rings is 1. The Bertz CT molecular complexity index is 489. The van der Waals surface area contributed by atoms with Crippen molar-refractivity contribution in [2.75, 3.05) is 19.9 Å². The topological polar surface area (TPSA) is 55.4 Å². The monoisotopic (exact) mass is 261 g/mol. The second kappa shape index (κ2) is 5.12. The molecule has 0 aliphatic heterocycles. The van der Waals surface area contributed by atoms with Crippen LogP contribution < -0.4 is 4.72 Å². The standard InChI is InChI=1S/C11H16FNO3S/c1-11(16-2,8-13-17(3,14)15)9-6-4-5-7-10(9)12/h4-7,13H,8H2,1-3H3. The van der Waals surface area contributed by atoms with Gasteiger partial charge in [0.25, 0.3) is 0 Å². The molecule has 0 spiro atoms. The summed E-state index contributed by atoms with van der Waals surface area (Å²) in [5.74, 6) is -0.424. The minimum Gasteiger partial charge on any atom is -0.372 e. The molecule has 0 saturated heterocycles. The van der Waals surface area contributed by atoms with Gasteiger partial charge in [0, 0.05) is 19.2 Å². The fourth-order valence-electron chi connectivity index (χ4n) is 1.44. The summed E-state index contributed by atoms with van der Waals surface area (Å²) in [6.07, 6.45) is 1.05. The molecule has 0 aliphatic carbocycles. The molecular formula is C11H16FNO3S. The predicted octanol–water partition coefficient (Wildman–Crippen LogP) is 1.24. The number of nitrogens with one attached hydrogen (secondary N) is 1. The Kier molecular flexibility index (Phi) is 4.24. The van der Waals surface area contributed by atoms with Gasteiger partial charge in [-0.05, 0) is 13.0 Å². The van der Waals surface area contributed by atoms with Crippen molar-refractivity contribution in [2.24, 2.45) is 0 Å². The van der Waals surface area contributed by atoms with Crippen LogP contribution in [0, 0.1) is 5.82 Å². The average molecular weight is 261 g/mol. The normalized spacial score (nSPS) is 15.5. The molecule has 0 saturated carbocycles. The van der Waals surface area contributed by atoms with Gasteiger partial charge in [-0.15, -0.1) is 0 Å². The van der Waals surface area contributed by atoms with E-state index >= 15 is 0 Å². The van der Waals surface area contributed by atoms with E-state index in [0.29, 0.717) is 5.56 Å². The van der Waals surface area contributed by atoms with Gasteiger partial charge in [0.2, 0.25) is 10.0 Å². The lowest BCUT2D eigenvalue weighted by molar-refractivity contribution is 0.00413. The van der Waals surface area contributed by atoms with Crippen molar-refractivity contribution in [3.05, 3.63) is 35.6 Å². The van der Waals surface area contributed by atoms with Gasteiger partial charge >= 0.3 is 0 Å². The van der Waals surface area contributed by atoms with Gasteiger partial charge in [-0.3, -0.25) is 0 Å². The Morgan fingerprint density at radius 1 is 1.41 bits per heavy atom. The van der Waals surface area contributed by atoms with Gasteiger partial charge in [0.1, 0.15) is 11.4 Å². The van der Waals surface area contributed by atoms with Crippen LogP contribution >= 0.6 is 0 Å². The number of halogens is 1. The van der Waals surface area contributed by atoms with Crippen molar-refractivity contribution in [1.29, 1.82) is 0 Å². The van der Waals surface area contributed by atoms with Crippen LogP contribution in [0.25, 0.3) is 0 Å². The summed E-state index contributed by atoms with van der Waals surface area (Å²) < 4.78 is 43.3. The molecule has 0 aromatic heterocycles. The number of rotatable bonds is 5. The second-order valence-electron chi connectivity index (χ2n) is 4.01. The molecule has 96 valence electrons. The van der Waals surface area contributed by atoms with Crippen LogP contribution in [0.3, 0.4) is 0 Å². The predicted molar refractivity (Wildman–Crippen MR) is 63.6 cm³/mol. The molecule has 1 rings (SSSR count). The van der Waals surface area contributed by atoms with Crippen molar-refractivity contribution >= 4 is 10.0 Å². The summed E-state index contributed by atoms with van der Waals surface area (Å²) >= 11 is 0. The molecule has 0 amide bonds. The van der Waals surface area contributed by atoms with Gasteiger partial charge in [-0.25, -0.2) is 17.5 Å². The van der Waals surface area contributed by atoms with Crippen molar-refractivity contribution < 1.29 is 17.5 Å². The maximum absolute atomic E-state index is 13.6. The van der Waals surface area contributed by atoms with Crippen LogP contribution in [0.4, 0.5) is 4.39 Å². The van der Waals surface area contributed by atoms with E-state index in [1.54, 1.807) is 25.1 Å². The van der Waals surface area contributed by atoms with E-state index in [1.165, 1.54) is 13.2 Å². The molecule has 1 unspecified atom stereocenters.